The van der Waals surface area contributed by atoms with Crippen molar-refractivity contribution in [1.29, 1.82) is 0 Å². The Bertz CT molecular complexity index is 863. The summed E-state index contributed by atoms with van der Waals surface area (Å²) in [5.74, 6) is -2.04. The van der Waals surface area contributed by atoms with Gasteiger partial charge in [-0.3, -0.25) is 0 Å². The van der Waals surface area contributed by atoms with Gasteiger partial charge in [-0.2, -0.15) is 0 Å². The lowest BCUT2D eigenvalue weighted by Gasteiger charge is -2.29. The predicted molar refractivity (Wildman–Crippen MR) is 99.2 cm³/mol. The van der Waals surface area contributed by atoms with Crippen LogP contribution in [-0.2, 0) is 25.7 Å². The van der Waals surface area contributed by atoms with Crippen LogP contribution < -0.4 is 4.74 Å². The zero-order valence-electron chi connectivity index (χ0n) is 14.3. The highest BCUT2D eigenvalue weighted by atomic mass is 79.9. The molecule has 3 rings (SSSR count). The Labute approximate surface area is 159 Å². The summed E-state index contributed by atoms with van der Waals surface area (Å²) in [7, 11) is 0. The number of hydrogen-bond acceptors (Lipinski definition) is 5. The van der Waals surface area contributed by atoms with E-state index in [9.17, 15) is 9.59 Å². The van der Waals surface area contributed by atoms with Crippen molar-refractivity contribution >= 4 is 33.9 Å². The Morgan fingerprint density at radius 2 is 1.73 bits per heavy atom. The molecule has 0 atom stereocenters. The largest absolute Gasteiger partial charge is 0.489 e. The topological polar surface area (TPSA) is 61.8 Å². The van der Waals surface area contributed by atoms with Crippen LogP contribution in [0.3, 0.4) is 0 Å². The molecule has 0 amide bonds. The first-order chi connectivity index (χ1) is 12.3. The van der Waals surface area contributed by atoms with E-state index in [4.69, 9.17) is 14.2 Å². The van der Waals surface area contributed by atoms with E-state index in [0.29, 0.717) is 17.9 Å². The monoisotopic (exact) mass is 416 g/mol. The summed E-state index contributed by atoms with van der Waals surface area (Å²) >= 11 is 3.48. The van der Waals surface area contributed by atoms with Crippen molar-refractivity contribution < 1.29 is 23.8 Å². The van der Waals surface area contributed by atoms with Gasteiger partial charge in [-0.1, -0.05) is 46.3 Å². The highest BCUT2D eigenvalue weighted by molar-refractivity contribution is 9.10. The number of esters is 2. The number of hydrogen-bond donors (Lipinski definition) is 0. The first-order valence-corrected chi connectivity index (χ1v) is 8.78. The van der Waals surface area contributed by atoms with Crippen LogP contribution in [0.25, 0.3) is 6.08 Å². The minimum Gasteiger partial charge on any atom is -0.489 e. The van der Waals surface area contributed by atoms with Gasteiger partial charge in [0.2, 0.25) is 0 Å². The smallest absolute Gasteiger partial charge is 0.348 e. The summed E-state index contributed by atoms with van der Waals surface area (Å²) < 4.78 is 16.9. The quantitative estimate of drug-likeness (QED) is 0.423. The number of halogens is 1. The molecule has 0 spiro atoms. The summed E-state index contributed by atoms with van der Waals surface area (Å²) in [6.45, 7) is 3.41. The molecule has 1 saturated heterocycles. The van der Waals surface area contributed by atoms with Crippen molar-refractivity contribution in [3.8, 4) is 5.75 Å². The minimum atomic E-state index is -1.25. The predicted octanol–water partition coefficient (Wildman–Crippen LogP) is 4.25. The maximum Gasteiger partial charge on any atom is 0.348 e. The van der Waals surface area contributed by atoms with Gasteiger partial charge in [0.1, 0.15) is 17.9 Å². The summed E-state index contributed by atoms with van der Waals surface area (Å²) in [6.07, 6.45) is 1.44. The molecule has 26 heavy (non-hydrogen) atoms. The third-order valence-electron chi connectivity index (χ3n) is 3.64. The van der Waals surface area contributed by atoms with E-state index in [-0.39, 0.29) is 5.57 Å². The Balaban J connectivity index is 1.76. The van der Waals surface area contributed by atoms with Crippen molar-refractivity contribution in [3.05, 3.63) is 69.7 Å². The zero-order chi connectivity index (χ0) is 18.7. The third-order valence-corrected chi connectivity index (χ3v) is 4.41. The molecule has 6 heteroatoms. The third kappa shape index (κ3) is 4.32. The second-order valence-electron chi connectivity index (χ2n) is 6.19. The van der Waals surface area contributed by atoms with Gasteiger partial charge in [0.25, 0.3) is 5.79 Å². The average Bonchev–Trinajstić information content (AvgIpc) is 2.57. The molecular weight excluding hydrogens is 400 g/mol. The maximum absolute atomic E-state index is 12.0. The molecule has 0 radical (unpaired) electrons. The van der Waals surface area contributed by atoms with Crippen LogP contribution in [-0.4, -0.2) is 17.7 Å². The van der Waals surface area contributed by atoms with Gasteiger partial charge >= 0.3 is 11.9 Å². The standard InChI is InChI=1S/C20H17BrO5/c1-20(2)25-18(22)16(19(23)26-20)11-13-6-5-8-15(10-13)24-12-14-7-3-4-9-17(14)21/h3-11H,12H2,1-2H3. The van der Waals surface area contributed by atoms with Gasteiger partial charge in [0.15, 0.2) is 0 Å². The maximum atomic E-state index is 12.0. The van der Waals surface area contributed by atoms with E-state index in [1.54, 1.807) is 24.3 Å². The lowest BCUT2D eigenvalue weighted by molar-refractivity contribution is -0.222. The van der Waals surface area contributed by atoms with E-state index in [1.165, 1.54) is 19.9 Å². The fourth-order valence-electron chi connectivity index (χ4n) is 2.42. The van der Waals surface area contributed by atoms with Crippen LogP contribution >= 0.6 is 15.9 Å². The number of rotatable bonds is 4. The number of carbonyl (C=O) groups is 2. The Kier molecular flexibility index (Phi) is 5.13. The molecule has 5 nitrogen and oxygen atoms in total. The van der Waals surface area contributed by atoms with Crippen LogP contribution in [0, 0.1) is 0 Å². The molecule has 0 unspecified atom stereocenters. The number of benzene rings is 2. The molecule has 0 saturated carbocycles. The molecule has 0 aromatic heterocycles. The second-order valence-corrected chi connectivity index (χ2v) is 7.04. The average molecular weight is 417 g/mol. The zero-order valence-corrected chi connectivity index (χ0v) is 15.9. The van der Waals surface area contributed by atoms with Crippen LogP contribution in [0.15, 0.2) is 58.6 Å². The van der Waals surface area contributed by atoms with Crippen molar-refractivity contribution in [3.63, 3.8) is 0 Å². The molecule has 0 N–H and O–H groups in total. The first-order valence-electron chi connectivity index (χ1n) is 7.99. The van der Waals surface area contributed by atoms with Gasteiger partial charge < -0.3 is 14.2 Å². The molecule has 0 bridgehead atoms. The van der Waals surface area contributed by atoms with E-state index in [0.717, 1.165) is 10.0 Å². The molecule has 1 fully saturated rings. The molecule has 134 valence electrons. The summed E-state index contributed by atoms with van der Waals surface area (Å²) in [6, 6.07) is 14.9. The van der Waals surface area contributed by atoms with Crippen molar-refractivity contribution in [2.24, 2.45) is 0 Å². The lowest BCUT2D eigenvalue weighted by Crippen LogP contribution is -2.41. The van der Waals surface area contributed by atoms with Crippen LogP contribution in [0.2, 0.25) is 0 Å². The first kappa shape index (κ1) is 18.2. The Morgan fingerprint density at radius 1 is 1.04 bits per heavy atom. The summed E-state index contributed by atoms with van der Waals surface area (Å²) in [5.41, 5.74) is 1.50. The van der Waals surface area contributed by atoms with Gasteiger partial charge in [0, 0.05) is 23.9 Å². The van der Waals surface area contributed by atoms with Gasteiger partial charge in [-0.15, -0.1) is 0 Å². The molecule has 0 aliphatic carbocycles. The fraction of sp³-hybridized carbons (Fsp3) is 0.200. The van der Waals surface area contributed by atoms with Crippen molar-refractivity contribution in [2.45, 2.75) is 26.2 Å². The molecule has 1 aliphatic rings. The van der Waals surface area contributed by atoms with Crippen LogP contribution in [0.1, 0.15) is 25.0 Å². The Hall–Kier alpha value is -2.60. The molecule has 2 aromatic rings. The van der Waals surface area contributed by atoms with Crippen LogP contribution in [0.4, 0.5) is 0 Å². The number of cyclic esters (lactones) is 2. The highest BCUT2D eigenvalue weighted by Crippen LogP contribution is 2.25. The van der Waals surface area contributed by atoms with Crippen molar-refractivity contribution in [2.75, 3.05) is 0 Å². The van der Waals surface area contributed by atoms with E-state index < -0.39 is 17.7 Å². The summed E-state index contributed by atoms with van der Waals surface area (Å²) in [4.78, 5) is 24.1. The lowest BCUT2D eigenvalue weighted by atomic mass is 10.1. The molecule has 1 heterocycles. The normalized spacial score (nSPS) is 15.9. The highest BCUT2D eigenvalue weighted by Gasteiger charge is 2.38. The second kappa shape index (κ2) is 7.33. The van der Waals surface area contributed by atoms with E-state index in [2.05, 4.69) is 15.9 Å². The van der Waals surface area contributed by atoms with Gasteiger partial charge in [-0.25, -0.2) is 9.59 Å². The Morgan fingerprint density at radius 3 is 2.42 bits per heavy atom. The number of carbonyl (C=O) groups excluding carboxylic acids is 2. The van der Waals surface area contributed by atoms with Crippen molar-refractivity contribution in [1.82, 2.24) is 0 Å². The van der Waals surface area contributed by atoms with Gasteiger partial charge in [0.05, 0.1) is 0 Å². The van der Waals surface area contributed by atoms with Gasteiger partial charge in [-0.05, 0) is 29.8 Å². The summed E-state index contributed by atoms with van der Waals surface area (Å²) in [5, 5.41) is 0. The molecular formula is C20H17BrO5. The van der Waals surface area contributed by atoms with Crippen LogP contribution in [0.5, 0.6) is 5.75 Å². The number of ether oxygens (including phenoxy) is 3. The van der Waals surface area contributed by atoms with E-state index >= 15 is 0 Å². The van der Waals surface area contributed by atoms with E-state index in [1.807, 2.05) is 24.3 Å². The molecule has 1 aliphatic heterocycles. The fourth-order valence-corrected chi connectivity index (χ4v) is 2.82. The minimum absolute atomic E-state index is 0.146. The SMILES string of the molecule is CC1(C)OC(=O)C(=Cc2cccc(OCc3ccccc3Br)c2)C(=O)O1. The molecule has 2 aromatic carbocycles.